The summed E-state index contributed by atoms with van der Waals surface area (Å²) >= 11 is 0. The minimum Gasteiger partial charge on any atom is -0.490 e. The minimum atomic E-state index is -0.323. The van der Waals surface area contributed by atoms with Gasteiger partial charge in [0.15, 0.2) is 0 Å². The number of hydrogen-bond acceptors (Lipinski definition) is 3. The zero-order valence-corrected chi connectivity index (χ0v) is 11.1. The van der Waals surface area contributed by atoms with Gasteiger partial charge in [-0.1, -0.05) is 13.3 Å². The van der Waals surface area contributed by atoms with E-state index in [4.69, 9.17) is 9.15 Å². The summed E-state index contributed by atoms with van der Waals surface area (Å²) in [7, 11) is 0. The van der Waals surface area contributed by atoms with Crippen molar-refractivity contribution in [1.82, 2.24) is 0 Å². The summed E-state index contributed by atoms with van der Waals surface area (Å²) in [5, 5.41) is 0.920. The molecule has 1 aliphatic rings. The van der Waals surface area contributed by atoms with E-state index in [2.05, 4.69) is 6.92 Å². The van der Waals surface area contributed by atoms with Crippen LogP contribution in [-0.2, 0) is 0 Å². The van der Waals surface area contributed by atoms with Crippen molar-refractivity contribution in [2.45, 2.75) is 38.7 Å². The Hall–Kier alpha value is -1.77. The van der Waals surface area contributed by atoms with Crippen LogP contribution in [0.3, 0.4) is 0 Å². The highest BCUT2D eigenvalue weighted by Gasteiger charge is 2.22. The number of fused-ring (bicyclic) bond motifs is 1. The van der Waals surface area contributed by atoms with Gasteiger partial charge in [0.25, 0.3) is 0 Å². The van der Waals surface area contributed by atoms with E-state index in [9.17, 15) is 4.79 Å². The molecule has 0 bridgehead atoms. The van der Waals surface area contributed by atoms with Gasteiger partial charge in [0.05, 0.1) is 0 Å². The Morgan fingerprint density at radius 1 is 1.16 bits per heavy atom. The number of ether oxygens (including phenoxy) is 1. The van der Waals surface area contributed by atoms with Gasteiger partial charge in [0, 0.05) is 17.5 Å². The van der Waals surface area contributed by atoms with Gasteiger partial charge in [-0.05, 0) is 43.4 Å². The van der Waals surface area contributed by atoms with Crippen molar-refractivity contribution in [1.29, 1.82) is 0 Å². The molecule has 3 nitrogen and oxygen atoms in total. The van der Waals surface area contributed by atoms with Crippen molar-refractivity contribution < 1.29 is 9.15 Å². The zero-order chi connectivity index (χ0) is 13.2. The maximum Gasteiger partial charge on any atom is 0.336 e. The molecule has 0 N–H and O–H groups in total. The van der Waals surface area contributed by atoms with E-state index in [1.165, 1.54) is 25.3 Å². The number of hydrogen-bond donors (Lipinski definition) is 0. The summed E-state index contributed by atoms with van der Waals surface area (Å²) in [6, 6.07) is 8.91. The Kier molecular flexibility index (Phi) is 3.28. The smallest absolute Gasteiger partial charge is 0.336 e. The largest absolute Gasteiger partial charge is 0.490 e. The van der Waals surface area contributed by atoms with Crippen LogP contribution in [0.4, 0.5) is 0 Å². The lowest BCUT2D eigenvalue weighted by atomic mass is 9.88. The number of benzene rings is 1. The Labute approximate surface area is 112 Å². The van der Waals surface area contributed by atoms with Crippen LogP contribution in [0.25, 0.3) is 11.0 Å². The highest BCUT2D eigenvalue weighted by atomic mass is 16.5. The topological polar surface area (TPSA) is 39.4 Å². The molecule has 0 saturated heterocycles. The Balaban J connectivity index is 1.86. The third-order valence-electron chi connectivity index (χ3n) is 3.91. The van der Waals surface area contributed by atoms with Crippen LogP contribution in [0.15, 0.2) is 39.5 Å². The van der Waals surface area contributed by atoms with Gasteiger partial charge in [-0.15, -0.1) is 0 Å². The summed E-state index contributed by atoms with van der Waals surface area (Å²) in [6.07, 6.45) is 5.15. The SMILES string of the molecule is CC1CCCCC1Oc1ccc2ccc(=O)oc2c1. The first-order valence-electron chi connectivity index (χ1n) is 6.93. The van der Waals surface area contributed by atoms with Crippen molar-refractivity contribution in [3.05, 3.63) is 40.8 Å². The molecule has 1 aromatic heterocycles. The van der Waals surface area contributed by atoms with Crippen LogP contribution in [0.2, 0.25) is 0 Å². The van der Waals surface area contributed by atoms with Gasteiger partial charge in [0.1, 0.15) is 17.4 Å². The molecule has 19 heavy (non-hydrogen) atoms. The molecule has 1 saturated carbocycles. The Morgan fingerprint density at radius 3 is 2.79 bits per heavy atom. The molecule has 1 heterocycles. The van der Waals surface area contributed by atoms with Gasteiger partial charge in [-0.3, -0.25) is 0 Å². The van der Waals surface area contributed by atoms with Crippen LogP contribution in [-0.4, -0.2) is 6.10 Å². The van der Waals surface area contributed by atoms with Crippen molar-refractivity contribution in [3.63, 3.8) is 0 Å². The lowest BCUT2D eigenvalue weighted by Crippen LogP contribution is -2.28. The molecular weight excluding hydrogens is 240 g/mol. The first-order chi connectivity index (χ1) is 9.22. The molecule has 2 atom stereocenters. The van der Waals surface area contributed by atoms with Crippen LogP contribution in [0.1, 0.15) is 32.6 Å². The second-order valence-electron chi connectivity index (χ2n) is 5.37. The highest BCUT2D eigenvalue weighted by molar-refractivity contribution is 5.77. The van der Waals surface area contributed by atoms with E-state index in [1.54, 1.807) is 6.07 Å². The monoisotopic (exact) mass is 258 g/mol. The molecule has 0 aliphatic heterocycles. The molecule has 3 rings (SSSR count). The minimum absolute atomic E-state index is 0.279. The molecule has 0 spiro atoms. The number of rotatable bonds is 2. The van der Waals surface area contributed by atoms with E-state index < -0.39 is 0 Å². The zero-order valence-electron chi connectivity index (χ0n) is 11.1. The van der Waals surface area contributed by atoms with Gasteiger partial charge >= 0.3 is 5.63 Å². The molecule has 1 aromatic carbocycles. The first kappa shape index (κ1) is 12.3. The van der Waals surface area contributed by atoms with Gasteiger partial charge in [0.2, 0.25) is 0 Å². The quantitative estimate of drug-likeness (QED) is 0.770. The Bertz CT molecular complexity index is 629. The van der Waals surface area contributed by atoms with E-state index in [1.807, 2.05) is 18.2 Å². The predicted octanol–water partition coefficient (Wildman–Crippen LogP) is 3.75. The highest BCUT2D eigenvalue weighted by Crippen LogP contribution is 2.29. The molecule has 3 heteroatoms. The van der Waals surface area contributed by atoms with Gasteiger partial charge in [-0.2, -0.15) is 0 Å². The average Bonchev–Trinajstić information content (AvgIpc) is 2.41. The second kappa shape index (κ2) is 5.08. The first-order valence-corrected chi connectivity index (χ1v) is 6.93. The van der Waals surface area contributed by atoms with E-state index in [0.717, 1.165) is 17.6 Å². The van der Waals surface area contributed by atoms with Crippen molar-refractivity contribution in [2.75, 3.05) is 0 Å². The fourth-order valence-corrected chi connectivity index (χ4v) is 2.75. The third-order valence-corrected chi connectivity index (χ3v) is 3.91. The fraction of sp³-hybridized carbons (Fsp3) is 0.438. The fourth-order valence-electron chi connectivity index (χ4n) is 2.75. The van der Waals surface area contributed by atoms with E-state index in [-0.39, 0.29) is 11.7 Å². The lowest BCUT2D eigenvalue weighted by Gasteiger charge is -2.29. The van der Waals surface area contributed by atoms with Crippen LogP contribution in [0.5, 0.6) is 5.75 Å². The standard InChI is InChI=1S/C16H18O3/c1-11-4-2-3-5-14(11)18-13-8-6-12-7-9-16(17)19-15(12)10-13/h6-11,14H,2-5H2,1H3. The van der Waals surface area contributed by atoms with Crippen LogP contribution >= 0.6 is 0 Å². The summed E-state index contributed by atoms with van der Waals surface area (Å²) in [4.78, 5) is 11.2. The van der Waals surface area contributed by atoms with Crippen molar-refractivity contribution in [2.24, 2.45) is 5.92 Å². The average molecular weight is 258 g/mol. The summed E-state index contributed by atoms with van der Waals surface area (Å²) in [5.74, 6) is 1.38. The van der Waals surface area contributed by atoms with E-state index >= 15 is 0 Å². The molecule has 1 fully saturated rings. The van der Waals surface area contributed by atoms with Crippen molar-refractivity contribution >= 4 is 11.0 Å². The molecule has 2 unspecified atom stereocenters. The maximum atomic E-state index is 11.2. The normalized spacial score (nSPS) is 23.4. The van der Waals surface area contributed by atoms with E-state index in [0.29, 0.717) is 11.5 Å². The Morgan fingerprint density at radius 2 is 1.95 bits per heavy atom. The molecule has 100 valence electrons. The lowest BCUT2D eigenvalue weighted by molar-refractivity contribution is 0.103. The second-order valence-corrected chi connectivity index (χ2v) is 5.37. The molecule has 2 aromatic rings. The van der Waals surface area contributed by atoms with Crippen LogP contribution < -0.4 is 10.4 Å². The maximum absolute atomic E-state index is 11.2. The molecular formula is C16H18O3. The third kappa shape index (κ3) is 2.65. The summed E-state index contributed by atoms with van der Waals surface area (Å²) in [5.41, 5.74) is 0.268. The van der Waals surface area contributed by atoms with Gasteiger partial charge < -0.3 is 9.15 Å². The predicted molar refractivity (Wildman–Crippen MR) is 74.5 cm³/mol. The van der Waals surface area contributed by atoms with Crippen LogP contribution in [0, 0.1) is 5.92 Å². The summed E-state index contributed by atoms with van der Waals surface area (Å²) in [6.45, 7) is 2.24. The van der Waals surface area contributed by atoms with Gasteiger partial charge in [-0.25, -0.2) is 4.79 Å². The molecule has 0 amide bonds. The molecule has 1 aliphatic carbocycles. The summed E-state index contributed by atoms with van der Waals surface area (Å²) < 4.78 is 11.2. The molecule has 0 radical (unpaired) electrons. The van der Waals surface area contributed by atoms with Crippen molar-refractivity contribution in [3.8, 4) is 5.75 Å².